The van der Waals surface area contributed by atoms with Crippen LogP contribution in [0.1, 0.15) is 24.8 Å². The van der Waals surface area contributed by atoms with E-state index in [9.17, 15) is 4.79 Å². The van der Waals surface area contributed by atoms with Gasteiger partial charge in [-0.1, -0.05) is 24.3 Å². The van der Waals surface area contributed by atoms with Crippen molar-refractivity contribution in [2.75, 3.05) is 49.1 Å². The van der Waals surface area contributed by atoms with Gasteiger partial charge in [0.1, 0.15) is 0 Å². The Morgan fingerprint density at radius 1 is 1.00 bits per heavy atom. The van der Waals surface area contributed by atoms with Crippen LogP contribution in [0.15, 0.2) is 54.7 Å². The number of benzene rings is 2. The lowest BCUT2D eigenvalue weighted by molar-refractivity contribution is -0.116. The van der Waals surface area contributed by atoms with Crippen LogP contribution in [-0.2, 0) is 4.79 Å². The van der Waals surface area contributed by atoms with Crippen LogP contribution in [0, 0.1) is 0 Å². The van der Waals surface area contributed by atoms with Crippen molar-refractivity contribution in [2.24, 2.45) is 0 Å². The van der Waals surface area contributed by atoms with E-state index in [1.165, 1.54) is 22.2 Å². The van der Waals surface area contributed by atoms with Crippen LogP contribution in [0.4, 0.5) is 11.4 Å². The molecule has 1 fully saturated rings. The smallest absolute Gasteiger partial charge is 0.223 e. The fourth-order valence-electron chi connectivity index (χ4n) is 4.94. The van der Waals surface area contributed by atoms with E-state index in [2.05, 4.69) is 57.2 Å². The first-order chi connectivity index (χ1) is 14.2. The number of piperazine rings is 1. The molecule has 1 N–H and O–H groups in total. The van der Waals surface area contributed by atoms with Gasteiger partial charge in [0.05, 0.1) is 0 Å². The fraction of sp³-hybridized carbons (Fsp3) is 0.375. The first-order valence-corrected chi connectivity index (χ1v) is 10.6. The molecular formula is C24H28N4O. The number of anilines is 2. The van der Waals surface area contributed by atoms with Crippen LogP contribution in [0.5, 0.6) is 0 Å². The van der Waals surface area contributed by atoms with Crippen molar-refractivity contribution in [2.45, 2.75) is 19.3 Å². The normalized spacial score (nSPS) is 19.7. The zero-order valence-electron chi connectivity index (χ0n) is 17.0. The van der Waals surface area contributed by atoms with Gasteiger partial charge in [0.2, 0.25) is 5.91 Å². The number of aromatic nitrogens is 1. The minimum Gasteiger partial charge on any atom is -0.368 e. The number of hydrogen-bond acceptors (Lipinski definition) is 3. The predicted octanol–water partition coefficient (Wildman–Crippen LogP) is 3.83. The summed E-state index contributed by atoms with van der Waals surface area (Å²) in [6.45, 7) is 7.88. The summed E-state index contributed by atoms with van der Waals surface area (Å²) in [7, 11) is 0. The van der Waals surface area contributed by atoms with Crippen molar-refractivity contribution in [3.05, 3.63) is 60.3 Å². The molecule has 0 bridgehead atoms. The topological polar surface area (TPSA) is 42.6 Å². The number of H-pyrrole nitrogens is 1. The van der Waals surface area contributed by atoms with Gasteiger partial charge in [-0.05, 0) is 42.8 Å². The molecule has 0 saturated carbocycles. The predicted molar refractivity (Wildman–Crippen MR) is 119 cm³/mol. The van der Waals surface area contributed by atoms with E-state index >= 15 is 0 Å². The molecule has 1 amide bonds. The Labute approximate surface area is 171 Å². The molecule has 1 aromatic heterocycles. The molecule has 2 aliphatic rings. The molecule has 3 aromatic rings. The van der Waals surface area contributed by atoms with Gasteiger partial charge >= 0.3 is 0 Å². The maximum atomic E-state index is 12.0. The number of aromatic amines is 1. The lowest BCUT2D eigenvalue weighted by Gasteiger charge is -2.36. The van der Waals surface area contributed by atoms with Crippen LogP contribution >= 0.6 is 0 Å². The maximum absolute atomic E-state index is 12.0. The van der Waals surface area contributed by atoms with Crippen LogP contribution in [0.2, 0.25) is 0 Å². The Bertz CT molecular complexity index is 1020. The van der Waals surface area contributed by atoms with E-state index in [1.807, 2.05) is 17.2 Å². The summed E-state index contributed by atoms with van der Waals surface area (Å²) in [5.74, 6) is 0.592. The van der Waals surface area contributed by atoms with Gasteiger partial charge in [-0.2, -0.15) is 0 Å². The molecule has 0 aliphatic carbocycles. The number of nitrogens with zero attached hydrogens (tertiary/aromatic N) is 3. The number of fused-ring (bicyclic) bond motifs is 2. The Morgan fingerprint density at radius 3 is 2.62 bits per heavy atom. The Balaban J connectivity index is 1.20. The van der Waals surface area contributed by atoms with E-state index in [1.54, 1.807) is 6.92 Å². The summed E-state index contributed by atoms with van der Waals surface area (Å²) < 4.78 is 0. The van der Waals surface area contributed by atoms with Crippen molar-refractivity contribution in [1.82, 2.24) is 9.88 Å². The number of hydrogen-bond donors (Lipinski definition) is 1. The first-order valence-electron chi connectivity index (χ1n) is 10.6. The van der Waals surface area contributed by atoms with Gasteiger partial charge in [-0.15, -0.1) is 0 Å². The molecule has 1 saturated heterocycles. The number of carbonyl (C=O) groups excluding carboxylic acids is 1. The standard InChI is InChI=1S/C24H28N4O/c1-18(29)28-17-19(20-5-2-3-7-24(20)28)10-12-26-13-15-27(16-14-26)23-8-4-6-22-21(23)9-11-25-22/h2-9,11,19,25H,10,12-17H2,1H3. The second-order valence-electron chi connectivity index (χ2n) is 8.22. The van der Waals surface area contributed by atoms with Crippen LogP contribution in [0.25, 0.3) is 10.9 Å². The number of carbonyl (C=O) groups is 1. The number of amides is 1. The van der Waals surface area contributed by atoms with Crippen LogP contribution < -0.4 is 9.80 Å². The highest BCUT2D eigenvalue weighted by molar-refractivity contribution is 5.94. The van der Waals surface area contributed by atoms with Crippen molar-refractivity contribution in [3.63, 3.8) is 0 Å². The van der Waals surface area contributed by atoms with Crippen LogP contribution in [0.3, 0.4) is 0 Å². The van der Waals surface area contributed by atoms with Crippen molar-refractivity contribution >= 4 is 28.2 Å². The van der Waals surface area contributed by atoms with Gasteiger partial charge in [-0.25, -0.2) is 0 Å². The quantitative estimate of drug-likeness (QED) is 0.739. The lowest BCUT2D eigenvalue weighted by atomic mass is 9.97. The lowest BCUT2D eigenvalue weighted by Crippen LogP contribution is -2.47. The molecule has 2 aliphatic heterocycles. The third kappa shape index (κ3) is 3.40. The monoisotopic (exact) mass is 388 g/mol. The van der Waals surface area contributed by atoms with Crippen molar-refractivity contribution < 1.29 is 4.79 Å². The van der Waals surface area contributed by atoms with E-state index in [4.69, 9.17) is 0 Å². The molecule has 3 heterocycles. The third-order valence-electron chi connectivity index (χ3n) is 6.53. The minimum atomic E-state index is 0.146. The highest BCUT2D eigenvalue weighted by atomic mass is 16.2. The average molecular weight is 389 g/mol. The summed E-state index contributed by atoms with van der Waals surface area (Å²) in [6, 6.07) is 17.1. The van der Waals surface area contributed by atoms with E-state index < -0.39 is 0 Å². The zero-order valence-corrected chi connectivity index (χ0v) is 17.0. The fourth-order valence-corrected chi connectivity index (χ4v) is 4.94. The first kappa shape index (κ1) is 18.3. The Hall–Kier alpha value is -2.79. The Kier molecular flexibility index (Phi) is 4.76. The van der Waals surface area contributed by atoms with E-state index in [0.717, 1.165) is 51.4 Å². The van der Waals surface area contributed by atoms with Crippen molar-refractivity contribution in [3.8, 4) is 0 Å². The minimum absolute atomic E-state index is 0.146. The van der Waals surface area contributed by atoms with Gasteiger partial charge in [-0.3, -0.25) is 9.69 Å². The molecule has 5 rings (SSSR count). The number of para-hydroxylation sites is 1. The molecule has 1 atom stereocenters. The molecule has 0 radical (unpaired) electrons. The third-order valence-corrected chi connectivity index (χ3v) is 6.53. The summed E-state index contributed by atoms with van der Waals surface area (Å²) in [5, 5.41) is 1.31. The van der Waals surface area contributed by atoms with Gasteiger partial charge in [0.15, 0.2) is 0 Å². The molecular weight excluding hydrogens is 360 g/mol. The van der Waals surface area contributed by atoms with Gasteiger partial charge < -0.3 is 14.8 Å². The molecule has 150 valence electrons. The molecule has 2 aromatic carbocycles. The van der Waals surface area contributed by atoms with Crippen molar-refractivity contribution in [1.29, 1.82) is 0 Å². The van der Waals surface area contributed by atoms with Gasteiger partial charge in [0.25, 0.3) is 0 Å². The largest absolute Gasteiger partial charge is 0.368 e. The summed E-state index contributed by atoms with van der Waals surface area (Å²) in [4.78, 5) is 22.4. The van der Waals surface area contributed by atoms with E-state index in [-0.39, 0.29) is 5.91 Å². The molecule has 5 nitrogen and oxygen atoms in total. The molecule has 0 spiro atoms. The SMILES string of the molecule is CC(=O)N1CC(CCN2CCN(c3cccc4[nH]ccc34)CC2)c2ccccc21. The second-order valence-corrected chi connectivity index (χ2v) is 8.22. The summed E-state index contributed by atoms with van der Waals surface area (Å²) >= 11 is 0. The molecule has 1 unspecified atom stereocenters. The highest BCUT2D eigenvalue weighted by Crippen LogP contribution is 2.38. The average Bonchev–Trinajstić information content (AvgIpc) is 3.37. The summed E-state index contributed by atoms with van der Waals surface area (Å²) in [6.07, 6.45) is 3.13. The maximum Gasteiger partial charge on any atom is 0.223 e. The molecule has 29 heavy (non-hydrogen) atoms. The molecule has 5 heteroatoms. The zero-order chi connectivity index (χ0) is 19.8. The van der Waals surface area contributed by atoms with E-state index in [0.29, 0.717) is 5.92 Å². The number of nitrogens with one attached hydrogen (secondary N) is 1. The highest BCUT2D eigenvalue weighted by Gasteiger charge is 2.30. The Morgan fingerprint density at radius 2 is 1.79 bits per heavy atom. The number of rotatable bonds is 4. The summed E-state index contributed by atoms with van der Waals surface area (Å²) in [5.41, 5.74) is 4.99. The second kappa shape index (κ2) is 7.56. The van der Waals surface area contributed by atoms with Gasteiger partial charge in [0, 0.05) is 74.0 Å². The van der Waals surface area contributed by atoms with Crippen LogP contribution in [-0.4, -0.2) is 55.1 Å².